The van der Waals surface area contributed by atoms with Gasteiger partial charge in [0.25, 0.3) is 0 Å². The Morgan fingerprint density at radius 3 is 2.62 bits per heavy atom. The molecule has 182 valence electrons. The van der Waals surface area contributed by atoms with Crippen molar-refractivity contribution in [2.45, 2.75) is 45.0 Å². The van der Waals surface area contributed by atoms with Gasteiger partial charge in [-0.1, -0.05) is 24.2 Å². The van der Waals surface area contributed by atoms with Gasteiger partial charge >= 0.3 is 6.18 Å². The van der Waals surface area contributed by atoms with Gasteiger partial charge in [0.1, 0.15) is 18.4 Å². The molecule has 1 aliphatic heterocycles. The van der Waals surface area contributed by atoms with E-state index in [4.69, 9.17) is 20.4 Å². The van der Waals surface area contributed by atoms with Crippen molar-refractivity contribution in [3.63, 3.8) is 0 Å². The number of hydrogen-bond acceptors (Lipinski definition) is 5. The zero-order chi connectivity index (χ0) is 23.6. The van der Waals surface area contributed by atoms with E-state index in [1.807, 2.05) is 19.1 Å². The van der Waals surface area contributed by atoms with E-state index in [-0.39, 0.29) is 31.0 Å². The van der Waals surface area contributed by atoms with Crippen LogP contribution in [0.3, 0.4) is 0 Å². The molecular weight excluding hydrogens is 471 g/mol. The van der Waals surface area contributed by atoms with Crippen LogP contribution < -0.4 is 10.5 Å². The lowest BCUT2D eigenvalue weighted by molar-refractivity contribution is -0.137. The largest absolute Gasteiger partial charge is 0.489 e. The molecule has 1 aliphatic rings. The number of ether oxygens (including phenoxy) is 1. The summed E-state index contributed by atoms with van der Waals surface area (Å²) < 4.78 is 49.5. The molecule has 1 aromatic heterocycles. The number of alkyl halides is 3. The maximum Gasteiger partial charge on any atom is 0.416 e. The van der Waals surface area contributed by atoms with Gasteiger partial charge in [-0.15, -0.1) is 12.4 Å². The number of benzene rings is 2. The molecule has 1 saturated heterocycles. The molecule has 1 fully saturated rings. The molecule has 0 amide bonds. The first kappa shape index (κ1) is 25.4. The second kappa shape index (κ2) is 10.3. The summed E-state index contributed by atoms with van der Waals surface area (Å²) in [5, 5.41) is 11.8. The van der Waals surface area contributed by atoms with Crippen LogP contribution in [-0.4, -0.2) is 27.5 Å². The van der Waals surface area contributed by atoms with E-state index < -0.39 is 11.7 Å². The molecule has 0 aliphatic carbocycles. The predicted molar refractivity (Wildman–Crippen MR) is 123 cm³/mol. The molecule has 7 nitrogen and oxygen atoms in total. The Kier molecular flexibility index (Phi) is 7.71. The van der Waals surface area contributed by atoms with Crippen LogP contribution in [0.4, 0.5) is 13.2 Å². The Morgan fingerprint density at radius 2 is 1.97 bits per heavy atom. The summed E-state index contributed by atoms with van der Waals surface area (Å²) in [6.45, 7) is 2.82. The highest BCUT2D eigenvalue weighted by Gasteiger charge is 2.32. The maximum absolute atomic E-state index is 12.7. The number of hydrogen-bond donors (Lipinski definition) is 2. The molecule has 0 spiro atoms. The summed E-state index contributed by atoms with van der Waals surface area (Å²) in [6, 6.07) is 10.3. The van der Waals surface area contributed by atoms with Crippen LogP contribution in [-0.2, 0) is 19.2 Å². The van der Waals surface area contributed by atoms with E-state index >= 15 is 0 Å². The Balaban J connectivity index is 0.00000324. The lowest BCUT2D eigenvalue weighted by Gasteiger charge is -2.21. The number of nitrogens with zero attached hydrogens (tertiary/aromatic N) is 3. The molecule has 0 saturated carbocycles. The van der Waals surface area contributed by atoms with Gasteiger partial charge in [-0.05, 0) is 60.7 Å². The van der Waals surface area contributed by atoms with Crippen molar-refractivity contribution in [2.24, 2.45) is 5.73 Å². The van der Waals surface area contributed by atoms with Gasteiger partial charge in [0.2, 0.25) is 11.7 Å². The van der Waals surface area contributed by atoms with Crippen molar-refractivity contribution in [2.75, 3.05) is 6.54 Å². The molecule has 3 N–H and O–H groups in total. The summed E-state index contributed by atoms with van der Waals surface area (Å²) >= 11 is 0. The van der Waals surface area contributed by atoms with Gasteiger partial charge in [-0.3, -0.25) is 5.41 Å². The first-order chi connectivity index (χ1) is 15.8. The summed E-state index contributed by atoms with van der Waals surface area (Å²) in [4.78, 5) is 6.26. The van der Waals surface area contributed by atoms with Crippen molar-refractivity contribution in [3.05, 3.63) is 65.0 Å². The molecular formula is C23H25ClF3N5O2. The first-order valence-electron chi connectivity index (χ1n) is 10.6. The number of nitrogens with one attached hydrogen (secondary N) is 1. The van der Waals surface area contributed by atoms with Crippen molar-refractivity contribution in [3.8, 4) is 17.1 Å². The van der Waals surface area contributed by atoms with Crippen LogP contribution in [0.5, 0.6) is 5.75 Å². The predicted octanol–water partition coefficient (Wildman–Crippen LogP) is 5.35. The van der Waals surface area contributed by atoms with Crippen LogP contribution in [0.1, 0.15) is 48.4 Å². The number of aromatic nitrogens is 2. The number of aryl methyl sites for hydroxylation is 1. The molecule has 4 rings (SSSR count). The minimum atomic E-state index is -4.36. The van der Waals surface area contributed by atoms with Crippen LogP contribution >= 0.6 is 12.4 Å². The second-order valence-corrected chi connectivity index (χ2v) is 7.85. The molecule has 0 radical (unpaired) electrons. The summed E-state index contributed by atoms with van der Waals surface area (Å²) in [5.74, 6) is 1.49. The maximum atomic E-state index is 12.7. The van der Waals surface area contributed by atoms with E-state index in [9.17, 15) is 13.2 Å². The Morgan fingerprint density at radius 1 is 1.24 bits per heavy atom. The van der Waals surface area contributed by atoms with Gasteiger partial charge in [0.15, 0.2) is 5.96 Å². The summed E-state index contributed by atoms with van der Waals surface area (Å²) in [7, 11) is 0. The minimum Gasteiger partial charge on any atom is -0.489 e. The Hall–Kier alpha value is -3.27. The number of likely N-dealkylation sites (tertiary alicyclic amines) is 1. The van der Waals surface area contributed by atoms with Crippen molar-refractivity contribution in [1.82, 2.24) is 15.0 Å². The fourth-order valence-electron chi connectivity index (χ4n) is 3.89. The van der Waals surface area contributed by atoms with E-state index in [2.05, 4.69) is 10.1 Å². The van der Waals surface area contributed by atoms with Crippen LogP contribution in [0.25, 0.3) is 11.4 Å². The first-order valence-corrected chi connectivity index (χ1v) is 10.6. The van der Waals surface area contributed by atoms with Gasteiger partial charge in [-0.2, -0.15) is 18.2 Å². The number of guanidine groups is 1. The Labute approximate surface area is 201 Å². The molecule has 3 aromatic rings. The highest BCUT2D eigenvalue weighted by Crippen LogP contribution is 2.33. The number of rotatable bonds is 6. The fourth-order valence-corrected chi connectivity index (χ4v) is 3.89. The average molecular weight is 496 g/mol. The van der Waals surface area contributed by atoms with Gasteiger partial charge in [-0.25, -0.2) is 0 Å². The van der Waals surface area contributed by atoms with E-state index in [1.165, 1.54) is 12.1 Å². The summed E-state index contributed by atoms with van der Waals surface area (Å²) in [6.07, 6.45) is -1.99. The van der Waals surface area contributed by atoms with Crippen molar-refractivity contribution in [1.29, 1.82) is 5.41 Å². The van der Waals surface area contributed by atoms with Gasteiger partial charge in [0, 0.05) is 12.1 Å². The molecule has 34 heavy (non-hydrogen) atoms. The Bertz CT molecular complexity index is 1130. The molecule has 1 atom stereocenters. The number of halogens is 4. The average Bonchev–Trinajstić information content (AvgIpc) is 3.47. The summed E-state index contributed by atoms with van der Waals surface area (Å²) in [5.41, 5.74) is 7.28. The van der Waals surface area contributed by atoms with Crippen LogP contribution in [0.2, 0.25) is 0 Å². The van der Waals surface area contributed by atoms with E-state index in [0.29, 0.717) is 36.0 Å². The third kappa shape index (κ3) is 5.44. The van der Waals surface area contributed by atoms with Crippen LogP contribution in [0, 0.1) is 5.41 Å². The third-order valence-corrected chi connectivity index (χ3v) is 5.66. The standard InChI is InChI=1S/C23H24F3N5O2.ClH/c1-2-15-12-16(20-29-21(33-30-20)18-4-3-11-31(18)22(27)28)7-10-19(15)32-13-14-5-8-17(9-6-14)23(24,25)26;/h5-10,12,18H,2-4,11,13H2,1H3,(H3,27,28);1H/t18-;/m0./s1. The number of nitrogens with two attached hydrogens (primary N) is 1. The second-order valence-electron chi connectivity index (χ2n) is 7.85. The topological polar surface area (TPSA) is 101 Å². The minimum absolute atomic E-state index is 0. The fraction of sp³-hybridized carbons (Fsp3) is 0.348. The quantitative estimate of drug-likeness (QED) is 0.353. The molecule has 2 heterocycles. The lowest BCUT2D eigenvalue weighted by Crippen LogP contribution is -2.35. The van der Waals surface area contributed by atoms with E-state index in [0.717, 1.165) is 36.1 Å². The monoisotopic (exact) mass is 495 g/mol. The van der Waals surface area contributed by atoms with E-state index in [1.54, 1.807) is 11.0 Å². The zero-order valence-corrected chi connectivity index (χ0v) is 19.2. The molecule has 2 aromatic carbocycles. The third-order valence-electron chi connectivity index (χ3n) is 5.66. The van der Waals surface area contributed by atoms with Crippen molar-refractivity contribution >= 4 is 18.4 Å². The SMILES string of the molecule is CCc1cc(-c2noc([C@@H]3CCCN3C(=N)N)n2)ccc1OCc1ccc(C(F)(F)F)cc1.Cl. The molecule has 0 bridgehead atoms. The highest BCUT2D eigenvalue weighted by molar-refractivity contribution is 5.85. The van der Waals surface area contributed by atoms with Gasteiger partial charge < -0.3 is 19.9 Å². The van der Waals surface area contributed by atoms with Crippen LogP contribution in [0.15, 0.2) is 47.0 Å². The normalized spacial score (nSPS) is 15.8. The smallest absolute Gasteiger partial charge is 0.416 e. The van der Waals surface area contributed by atoms with Gasteiger partial charge in [0.05, 0.1) is 5.56 Å². The molecule has 11 heteroatoms. The molecule has 0 unspecified atom stereocenters. The lowest BCUT2D eigenvalue weighted by atomic mass is 10.1. The zero-order valence-electron chi connectivity index (χ0n) is 18.4. The van der Waals surface area contributed by atoms with Crippen molar-refractivity contribution < 1.29 is 22.4 Å². The highest BCUT2D eigenvalue weighted by atomic mass is 35.5.